The van der Waals surface area contributed by atoms with E-state index < -0.39 is 0 Å². The van der Waals surface area contributed by atoms with Crippen LogP contribution in [0.1, 0.15) is 25.9 Å². The monoisotopic (exact) mass is 299 g/mol. The average Bonchev–Trinajstić information content (AvgIpc) is 3.02. The summed E-state index contributed by atoms with van der Waals surface area (Å²) in [6.07, 6.45) is 2.81. The number of aryl methyl sites for hydroxylation is 2. The normalized spacial score (nSPS) is 11.0. The Kier molecular flexibility index (Phi) is 3.75. The van der Waals surface area contributed by atoms with Crippen molar-refractivity contribution in [3.05, 3.63) is 51.6 Å². The van der Waals surface area contributed by atoms with Gasteiger partial charge in [0.2, 0.25) is 0 Å². The van der Waals surface area contributed by atoms with Gasteiger partial charge in [-0.1, -0.05) is 18.2 Å². The topological polar surface area (TPSA) is 57.8 Å². The number of hydrogen-bond acceptors (Lipinski definition) is 3. The number of aromatic nitrogens is 2. The van der Waals surface area contributed by atoms with Crippen LogP contribution in [0.4, 0.5) is 0 Å². The van der Waals surface area contributed by atoms with Crippen molar-refractivity contribution in [2.24, 2.45) is 0 Å². The summed E-state index contributed by atoms with van der Waals surface area (Å²) in [4.78, 5) is 20.6. The van der Waals surface area contributed by atoms with Crippen molar-refractivity contribution >= 4 is 28.1 Å². The molecule has 3 rings (SSSR count). The van der Waals surface area contributed by atoms with Gasteiger partial charge in [-0.15, -0.1) is 11.3 Å². The molecular weight excluding hydrogens is 282 g/mol. The van der Waals surface area contributed by atoms with Crippen LogP contribution in [0.15, 0.2) is 30.5 Å². The smallest absolute Gasteiger partial charge is 0.271 e. The van der Waals surface area contributed by atoms with E-state index in [1.807, 2.05) is 32.2 Å². The number of nitrogens with zero attached hydrogens (tertiary/aromatic N) is 1. The van der Waals surface area contributed by atoms with Gasteiger partial charge in [0.15, 0.2) is 0 Å². The Morgan fingerprint density at radius 1 is 1.33 bits per heavy atom. The molecule has 21 heavy (non-hydrogen) atoms. The molecule has 0 atom stereocenters. The first-order valence-electron chi connectivity index (χ1n) is 6.92. The van der Waals surface area contributed by atoms with Gasteiger partial charge in [-0.3, -0.25) is 4.79 Å². The van der Waals surface area contributed by atoms with Gasteiger partial charge in [-0.05, 0) is 31.9 Å². The highest BCUT2D eigenvalue weighted by Crippen LogP contribution is 2.18. The van der Waals surface area contributed by atoms with Gasteiger partial charge >= 0.3 is 0 Å². The molecule has 0 spiro atoms. The first-order chi connectivity index (χ1) is 10.1. The molecule has 4 nitrogen and oxygen atoms in total. The van der Waals surface area contributed by atoms with E-state index in [2.05, 4.69) is 27.4 Å². The summed E-state index contributed by atoms with van der Waals surface area (Å²) in [7, 11) is 0. The van der Waals surface area contributed by atoms with Gasteiger partial charge in [0.05, 0.1) is 5.01 Å². The lowest BCUT2D eigenvalue weighted by atomic mass is 10.1. The Labute approximate surface area is 127 Å². The lowest BCUT2D eigenvalue weighted by Crippen LogP contribution is -2.26. The molecule has 2 aromatic heterocycles. The van der Waals surface area contributed by atoms with E-state index in [9.17, 15) is 4.79 Å². The van der Waals surface area contributed by atoms with Gasteiger partial charge in [0.1, 0.15) is 5.69 Å². The number of thiazole rings is 1. The molecule has 1 aromatic carbocycles. The maximum Gasteiger partial charge on any atom is 0.271 e. The van der Waals surface area contributed by atoms with Crippen LogP contribution in [-0.2, 0) is 6.42 Å². The predicted octanol–water partition coefficient (Wildman–Crippen LogP) is 3.21. The number of H-pyrrole nitrogens is 1. The van der Waals surface area contributed by atoms with Crippen LogP contribution in [0.5, 0.6) is 0 Å². The van der Waals surface area contributed by atoms with Crippen molar-refractivity contribution < 1.29 is 4.79 Å². The molecule has 2 N–H and O–H groups in total. The molecule has 108 valence electrons. The quantitative estimate of drug-likeness (QED) is 0.777. The minimum atomic E-state index is -0.0864. The van der Waals surface area contributed by atoms with Crippen LogP contribution in [0.25, 0.3) is 10.9 Å². The summed E-state index contributed by atoms with van der Waals surface area (Å²) in [5.41, 5.74) is 2.90. The number of aromatic amines is 1. The zero-order valence-corrected chi connectivity index (χ0v) is 12.9. The number of fused-ring (bicyclic) bond motifs is 1. The van der Waals surface area contributed by atoms with Crippen molar-refractivity contribution in [2.75, 3.05) is 6.54 Å². The SMILES string of the molecule is Cc1nc(C(=O)NCCc2c[nH]c3ccccc23)c(C)s1. The summed E-state index contributed by atoms with van der Waals surface area (Å²) in [6.45, 7) is 4.45. The van der Waals surface area contributed by atoms with E-state index in [1.165, 1.54) is 10.9 Å². The number of rotatable bonds is 4. The minimum absolute atomic E-state index is 0.0864. The fourth-order valence-electron chi connectivity index (χ4n) is 2.47. The Morgan fingerprint density at radius 3 is 2.90 bits per heavy atom. The van der Waals surface area contributed by atoms with Crippen LogP contribution >= 0.6 is 11.3 Å². The van der Waals surface area contributed by atoms with Crippen molar-refractivity contribution in [3.63, 3.8) is 0 Å². The van der Waals surface area contributed by atoms with E-state index in [0.717, 1.165) is 21.8 Å². The molecule has 5 heteroatoms. The van der Waals surface area contributed by atoms with Crippen LogP contribution in [-0.4, -0.2) is 22.4 Å². The molecule has 0 unspecified atom stereocenters. The third-order valence-corrected chi connectivity index (χ3v) is 4.36. The lowest BCUT2D eigenvalue weighted by molar-refractivity contribution is 0.0949. The lowest BCUT2D eigenvalue weighted by Gasteiger charge is -2.03. The number of hydrogen-bond donors (Lipinski definition) is 2. The second kappa shape index (κ2) is 5.69. The van der Waals surface area contributed by atoms with E-state index in [4.69, 9.17) is 0 Å². The molecule has 0 fully saturated rings. The van der Waals surface area contributed by atoms with E-state index in [0.29, 0.717) is 12.2 Å². The summed E-state index contributed by atoms with van der Waals surface area (Å²) in [5, 5.41) is 5.09. The molecule has 3 aromatic rings. The predicted molar refractivity (Wildman–Crippen MR) is 85.9 cm³/mol. The summed E-state index contributed by atoms with van der Waals surface area (Å²) in [6, 6.07) is 8.19. The molecule has 1 amide bonds. The van der Waals surface area contributed by atoms with Crippen molar-refractivity contribution in [1.29, 1.82) is 0 Å². The largest absolute Gasteiger partial charge is 0.361 e. The zero-order valence-electron chi connectivity index (χ0n) is 12.1. The Balaban J connectivity index is 1.64. The van der Waals surface area contributed by atoms with E-state index in [-0.39, 0.29) is 5.91 Å². The van der Waals surface area contributed by atoms with Crippen LogP contribution < -0.4 is 5.32 Å². The van der Waals surface area contributed by atoms with E-state index >= 15 is 0 Å². The van der Waals surface area contributed by atoms with Gasteiger partial charge in [0, 0.05) is 28.5 Å². The van der Waals surface area contributed by atoms with E-state index in [1.54, 1.807) is 11.3 Å². The van der Waals surface area contributed by atoms with Crippen LogP contribution in [0, 0.1) is 13.8 Å². The molecule has 0 aliphatic carbocycles. The number of carbonyl (C=O) groups is 1. The Hall–Kier alpha value is -2.14. The highest BCUT2D eigenvalue weighted by molar-refractivity contribution is 7.11. The van der Waals surface area contributed by atoms with Gasteiger partial charge < -0.3 is 10.3 Å². The number of carbonyl (C=O) groups excluding carboxylic acids is 1. The Bertz CT molecular complexity index is 788. The number of para-hydroxylation sites is 1. The number of nitrogens with one attached hydrogen (secondary N) is 2. The maximum atomic E-state index is 12.1. The highest BCUT2D eigenvalue weighted by atomic mass is 32.1. The van der Waals surface area contributed by atoms with Crippen molar-refractivity contribution in [1.82, 2.24) is 15.3 Å². The zero-order chi connectivity index (χ0) is 14.8. The standard InChI is InChI=1S/C16H17N3OS/c1-10-15(19-11(2)21-10)16(20)17-8-7-12-9-18-14-6-4-3-5-13(12)14/h3-6,9,18H,7-8H2,1-2H3,(H,17,20). The van der Waals surface area contributed by atoms with Crippen LogP contribution in [0.3, 0.4) is 0 Å². The fourth-order valence-corrected chi connectivity index (χ4v) is 3.29. The third kappa shape index (κ3) is 2.83. The maximum absolute atomic E-state index is 12.1. The molecule has 0 aliphatic rings. The minimum Gasteiger partial charge on any atom is -0.361 e. The first-order valence-corrected chi connectivity index (χ1v) is 7.74. The number of benzene rings is 1. The third-order valence-electron chi connectivity index (χ3n) is 3.47. The molecular formula is C16H17N3OS. The average molecular weight is 299 g/mol. The summed E-state index contributed by atoms with van der Waals surface area (Å²) >= 11 is 1.55. The second-order valence-electron chi connectivity index (χ2n) is 5.00. The summed E-state index contributed by atoms with van der Waals surface area (Å²) < 4.78 is 0. The van der Waals surface area contributed by atoms with Crippen molar-refractivity contribution in [3.8, 4) is 0 Å². The number of amides is 1. The first kappa shape index (κ1) is 13.8. The second-order valence-corrected chi connectivity index (χ2v) is 6.41. The molecule has 0 saturated carbocycles. The molecule has 0 saturated heterocycles. The van der Waals surface area contributed by atoms with Gasteiger partial charge in [-0.2, -0.15) is 0 Å². The van der Waals surface area contributed by atoms with Crippen molar-refractivity contribution in [2.45, 2.75) is 20.3 Å². The molecule has 2 heterocycles. The fraction of sp³-hybridized carbons (Fsp3) is 0.250. The summed E-state index contributed by atoms with van der Waals surface area (Å²) in [5.74, 6) is -0.0864. The van der Waals surface area contributed by atoms with Gasteiger partial charge in [-0.25, -0.2) is 4.98 Å². The molecule has 0 aliphatic heterocycles. The molecule has 0 bridgehead atoms. The molecule has 0 radical (unpaired) electrons. The highest BCUT2D eigenvalue weighted by Gasteiger charge is 2.13. The van der Waals surface area contributed by atoms with Crippen LogP contribution in [0.2, 0.25) is 0 Å². The van der Waals surface area contributed by atoms with Gasteiger partial charge in [0.25, 0.3) is 5.91 Å². The Morgan fingerprint density at radius 2 is 2.14 bits per heavy atom.